The molecule has 0 aliphatic carbocycles. The molecule has 1 N–H and O–H groups in total. The van der Waals surface area contributed by atoms with Crippen molar-refractivity contribution < 1.29 is 4.39 Å². The first-order chi connectivity index (χ1) is 7.75. The third-order valence-electron chi connectivity index (χ3n) is 3.22. The molecule has 0 saturated carbocycles. The predicted octanol–water partition coefficient (Wildman–Crippen LogP) is 3.22. The Kier molecular flexibility index (Phi) is 4.19. The number of piperidine rings is 1. The van der Waals surface area contributed by atoms with Crippen LogP contribution in [0.3, 0.4) is 0 Å². The van der Waals surface area contributed by atoms with Gasteiger partial charge in [0, 0.05) is 11.4 Å². The topological polar surface area (TPSA) is 12.0 Å². The first-order valence-corrected chi connectivity index (χ1v) is 6.23. The van der Waals surface area contributed by atoms with E-state index in [2.05, 4.69) is 5.32 Å². The van der Waals surface area contributed by atoms with Gasteiger partial charge in [-0.15, -0.1) is 0 Å². The van der Waals surface area contributed by atoms with Crippen molar-refractivity contribution in [1.82, 2.24) is 5.32 Å². The Morgan fingerprint density at radius 3 is 2.81 bits per heavy atom. The lowest BCUT2D eigenvalue weighted by Gasteiger charge is -2.25. The largest absolute Gasteiger partial charge is 0.317 e. The molecule has 1 heterocycles. The molecule has 1 fully saturated rings. The number of rotatable bonds is 3. The van der Waals surface area contributed by atoms with Crippen molar-refractivity contribution in [2.24, 2.45) is 5.92 Å². The maximum absolute atomic E-state index is 14.0. The highest BCUT2D eigenvalue weighted by atomic mass is 35.5. The van der Waals surface area contributed by atoms with E-state index < -0.39 is 6.17 Å². The zero-order valence-electron chi connectivity index (χ0n) is 9.26. The minimum absolute atomic E-state index is 0.209. The fourth-order valence-corrected chi connectivity index (χ4v) is 2.47. The molecule has 1 aliphatic rings. The molecule has 1 atom stereocenters. The van der Waals surface area contributed by atoms with Crippen molar-refractivity contribution in [3.8, 4) is 0 Å². The lowest BCUT2D eigenvalue weighted by molar-refractivity contribution is 0.187. The molecule has 0 spiro atoms. The van der Waals surface area contributed by atoms with Crippen LogP contribution in [0.2, 0.25) is 5.02 Å². The molecule has 0 radical (unpaired) electrons. The minimum atomic E-state index is -0.736. The van der Waals surface area contributed by atoms with Crippen molar-refractivity contribution >= 4 is 11.6 Å². The maximum atomic E-state index is 14.0. The summed E-state index contributed by atoms with van der Waals surface area (Å²) in [4.78, 5) is 0. The monoisotopic (exact) mass is 241 g/mol. The SMILES string of the molecule is FC(Cc1cccc(Cl)c1)C1CCNCC1. The van der Waals surface area contributed by atoms with Gasteiger partial charge in [0.1, 0.15) is 6.17 Å². The van der Waals surface area contributed by atoms with E-state index in [1.54, 1.807) is 0 Å². The molecule has 16 heavy (non-hydrogen) atoms. The van der Waals surface area contributed by atoms with Crippen LogP contribution < -0.4 is 5.32 Å². The smallest absolute Gasteiger partial charge is 0.107 e. The molecule has 0 amide bonds. The maximum Gasteiger partial charge on any atom is 0.107 e. The summed E-state index contributed by atoms with van der Waals surface area (Å²) in [6, 6.07) is 7.50. The number of nitrogens with one attached hydrogen (secondary N) is 1. The molecule has 1 saturated heterocycles. The van der Waals surface area contributed by atoms with Gasteiger partial charge in [-0.25, -0.2) is 4.39 Å². The Labute approximate surface area is 101 Å². The molecule has 0 aromatic heterocycles. The van der Waals surface area contributed by atoms with Gasteiger partial charge in [0.05, 0.1) is 0 Å². The first-order valence-electron chi connectivity index (χ1n) is 5.85. The summed E-state index contributed by atoms with van der Waals surface area (Å²) < 4.78 is 14.0. The Balaban J connectivity index is 1.93. The van der Waals surface area contributed by atoms with Gasteiger partial charge in [-0.3, -0.25) is 0 Å². The second-order valence-corrected chi connectivity index (χ2v) is 4.87. The quantitative estimate of drug-likeness (QED) is 0.857. The van der Waals surface area contributed by atoms with Gasteiger partial charge in [-0.2, -0.15) is 0 Å². The van der Waals surface area contributed by atoms with E-state index >= 15 is 0 Å². The molecule has 3 heteroatoms. The third-order valence-corrected chi connectivity index (χ3v) is 3.45. The summed E-state index contributed by atoms with van der Waals surface area (Å²) in [6.45, 7) is 1.89. The number of alkyl halides is 1. The van der Waals surface area contributed by atoms with Crippen LogP contribution in [0.25, 0.3) is 0 Å². The summed E-state index contributed by atoms with van der Waals surface area (Å²) in [7, 11) is 0. The van der Waals surface area contributed by atoms with Gasteiger partial charge in [0.2, 0.25) is 0 Å². The second kappa shape index (κ2) is 5.65. The van der Waals surface area contributed by atoms with Crippen LogP contribution in [-0.2, 0) is 6.42 Å². The molecule has 2 rings (SSSR count). The van der Waals surface area contributed by atoms with E-state index in [-0.39, 0.29) is 5.92 Å². The third kappa shape index (κ3) is 3.19. The van der Waals surface area contributed by atoms with Crippen LogP contribution in [0.5, 0.6) is 0 Å². The summed E-state index contributed by atoms with van der Waals surface area (Å²) in [5, 5.41) is 3.94. The van der Waals surface area contributed by atoms with E-state index in [4.69, 9.17) is 11.6 Å². The number of hydrogen-bond acceptors (Lipinski definition) is 1. The lowest BCUT2D eigenvalue weighted by atomic mass is 9.90. The van der Waals surface area contributed by atoms with Crippen LogP contribution in [0, 0.1) is 5.92 Å². The van der Waals surface area contributed by atoms with Gasteiger partial charge < -0.3 is 5.32 Å². The zero-order chi connectivity index (χ0) is 11.4. The number of benzene rings is 1. The average molecular weight is 242 g/mol. The van der Waals surface area contributed by atoms with Crippen molar-refractivity contribution in [3.63, 3.8) is 0 Å². The summed E-state index contributed by atoms with van der Waals surface area (Å²) in [5.74, 6) is 0.209. The molecule has 1 nitrogen and oxygen atoms in total. The Hall–Kier alpha value is -0.600. The van der Waals surface area contributed by atoms with Gasteiger partial charge in [-0.1, -0.05) is 23.7 Å². The van der Waals surface area contributed by atoms with Crippen LogP contribution in [0.4, 0.5) is 4.39 Å². The first kappa shape index (κ1) is 11.9. The Morgan fingerprint density at radius 1 is 1.38 bits per heavy atom. The Bertz CT molecular complexity index is 336. The molecule has 0 bridgehead atoms. The van der Waals surface area contributed by atoms with Gasteiger partial charge >= 0.3 is 0 Å². The fraction of sp³-hybridized carbons (Fsp3) is 0.538. The van der Waals surface area contributed by atoms with Crippen molar-refractivity contribution in [3.05, 3.63) is 34.9 Å². The molecule has 1 aromatic carbocycles. The van der Waals surface area contributed by atoms with Crippen molar-refractivity contribution in [2.45, 2.75) is 25.4 Å². The number of hydrogen-bond donors (Lipinski definition) is 1. The van der Waals surface area contributed by atoms with Crippen molar-refractivity contribution in [1.29, 1.82) is 0 Å². The molecular formula is C13H17ClFN. The average Bonchev–Trinajstić information content (AvgIpc) is 2.30. The zero-order valence-corrected chi connectivity index (χ0v) is 10.0. The highest BCUT2D eigenvalue weighted by Crippen LogP contribution is 2.23. The minimum Gasteiger partial charge on any atom is -0.317 e. The molecule has 1 aromatic rings. The highest BCUT2D eigenvalue weighted by Gasteiger charge is 2.23. The molecule has 1 aliphatic heterocycles. The van der Waals surface area contributed by atoms with Gasteiger partial charge in [0.15, 0.2) is 0 Å². The highest BCUT2D eigenvalue weighted by molar-refractivity contribution is 6.30. The summed E-state index contributed by atoms with van der Waals surface area (Å²) >= 11 is 5.88. The fourth-order valence-electron chi connectivity index (χ4n) is 2.26. The van der Waals surface area contributed by atoms with Crippen LogP contribution in [0.1, 0.15) is 18.4 Å². The number of halogens is 2. The van der Waals surface area contributed by atoms with E-state index in [0.29, 0.717) is 11.4 Å². The van der Waals surface area contributed by atoms with Crippen LogP contribution in [-0.4, -0.2) is 19.3 Å². The van der Waals surface area contributed by atoms with Crippen LogP contribution >= 0.6 is 11.6 Å². The van der Waals surface area contributed by atoms with E-state index in [0.717, 1.165) is 31.5 Å². The molecule has 1 unspecified atom stereocenters. The normalized spacial score (nSPS) is 19.6. The van der Waals surface area contributed by atoms with Crippen LogP contribution in [0.15, 0.2) is 24.3 Å². The predicted molar refractivity (Wildman–Crippen MR) is 65.6 cm³/mol. The van der Waals surface area contributed by atoms with Crippen molar-refractivity contribution in [2.75, 3.05) is 13.1 Å². The molecular weight excluding hydrogens is 225 g/mol. The van der Waals surface area contributed by atoms with E-state index in [9.17, 15) is 4.39 Å². The standard InChI is InChI=1S/C13H17ClFN/c14-12-3-1-2-10(8-12)9-13(15)11-4-6-16-7-5-11/h1-3,8,11,13,16H,4-7,9H2. The van der Waals surface area contributed by atoms with E-state index in [1.165, 1.54) is 0 Å². The summed E-state index contributed by atoms with van der Waals surface area (Å²) in [6.07, 6.45) is 1.65. The summed E-state index contributed by atoms with van der Waals surface area (Å²) in [5.41, 5.74) is 0.999. The van der Waals surface area contributed by atoms with E-state index in [1.807, 2.05) is 24.3 Å². The second-order valence-electron chi connectivity index (χ2n) is 4.44. The van der Waals surface area contributed by atoms with Gasteiger partial charge in [-0.05, 0) is 49.5 Å². The Morgan fingerprint density at radius 2 is 2.12 bits per heavy atom. The lowest BCUT2D eigenvalue weighted by Crippen LogP contribution is -2.33. The van der Waals surface area contributed by atoms with Gasteiger partial charge in [0.25, 0.3) is 0 Å². The molecule has 88 valence electrons.